The second kappa shape index (κ2) is 9.72. The molecule has 0 spiro atoms. The molecule has 11 rings (SSSR count). The fraction of sp³-hybridized carbons (Fsp3) is 0.0227. The van der Waals surface area contributed by atoms with E-state index in [9.17, 15) is 0 Å². The van der Waals surface area contributed by atoms with E-state index in [0.717, 1.165) is 83.2 Å². The van der Waals surface area contributed by atoms with Crippen LogP contribution in [0.3, 0.4) is 0 Å². The van der Waals surface area contributed by atoms with Crippen LogP contribution in [0.2, 0.25) is 0 Å². The van der Waals surface area contributed by atoms with Gasteiger partial charge in [0.2, 0.25) is 0 Å². The van der Waals surface area contributed by atoms with Crippen molar-refractivity contribution >= 4 is 76.6 Å². The van der Waals surface area contributed by atoms with Gasteiger partial charge in [-0.15, -0.1) is 0 Å². The minimum absolute atomic E-state index is 0.882. The molecule has 0 aliphatic carbocycles. The van der Waals surface area contributed by atoms with E-state index in [0.29, 0.717) is 0 Å². The van der Waals surface area contributed by atoms with Gasteiger partial charge in [-0.3, -0.25) is 0 Å². The molecule has 0 fully saturated rings. The van der Waals surface area contributed by atoms with Crippen molar-refractivity contribution in [2.75, 3.05) is 0 Å². The van der Waals surface area contributed by atoms with Gasteiger partial charge in [0.15, 0.2) is 5.58 Å². The van der Waals surface area contributed by atoms with Crippen LogP contribution in [-0.2, 0) is 7.05 Å². The predicted octanol–water partition coefficient (Wildman–Crippen LogP) is 11.3. The van der Waals surface area contributed by atoms with Gasteiger partial charge in [0, 0.05) is 50.6 Å². The molecule has 7 aromatic carbocycles. The van der Waals surface area contributed by atoms with Crippen molar-refractivity contribution in [3.63, 3.8) is 0 Å². The molecule has 0 aliphatic rings. The molecule has 0 radical (unpaired) electrons. The lowest BCUT2D eigenvalue weighted by molar-refractivity contribution is 0.671. The number of para-hydroxylation sites is 7. The van der Waals surface area contributed by atoms with E-state index >= 15 is 0 Å². The molecule has 11 aromatic rings. The van der Waals surface area contributed by atoms with Crippen LogP contribution in [0.15, 0.2) is 156 Å². The van der Waals surface area contributed by atoms with Gasteiger partial charge in [-0.25, -0.2) is 4.98 Å². The van der Waals surface area contributed by atoms with Gasteiger partial charge >= 0.3 is 0 Å². The van der Waals surface area contributed by atoms with Gasteiger partial charge in [0.1, 0.15) is 11.4 Å². The van der Waals surface area contributed by atoms with Crippen molar-refractivity contribution in [3.05, 3.63) is 152 Å². The number of benzene rings is 7. The Labute approximate surface area is 280 Å². The highest BCUT2D eigenvalue weighted by Crippen LogP contribution is 2.50. The minimum atomic E-state index is 0.882. The molecule has 230 valence electrons. The first-order chi connectivity index (χ1) is 24.3. The minimum Gasteiger partial charge on any atom is -0.454 e. The molecule has 0 saturated heterocycles. The third kappa shape index (κ3) is 3.46. The average molecular weight is 629 g/mol. The Morgan fingerprint density at radius 2 is 1.10 bits per heavy atom. The molecule has 5 nitrogen and oxygen atoms in total. The topological polar surface area (TPSA) is 40.8 Å². The van der Waals surface area contributed by atoms with Crippen LogP contribution in [0.4, 0.5) is 0 Å². The number of rotatable bonds is 3. The zero-order chi connectivity index (χ0) is 32.2. The summed E-state index contributed by atoms with van der Waals surface area (Å²) in [5, 5.41) is 6.97. The summed E-state index contributed by atoms with van der Waals surface area (Å²) in [5.41, 5.74) is 11.6. The predicted molar refractivity (Wildman–Crippen MR) is 202 cm³/mol. The van der Waals surface area contributed by atoms with Crippen LogP contribution in [0.25, 0.3) is 99.3 Å². The maximum atomic E-state index is 6.93. The molecule has 0 saturated carbocycles. The lowest BCUT2D eigenvalue weighted by atomic mass is 10.0. The Hall–Kier alpha value is -6.59. The third-order valence-electron chi connectivity index (χ3n) is 10.2. The van der Waals surface area contributed by atoms with Crippen molar-refractivity contribution in [3.8, 4) is 22.8 Å². The Kier molecular flexibility index (Phi) is 5.25. The van der Waals surface area contributed by atoms with E-state index in [2.05, 4.69) is 172 Å². The van der Waals surface area contributed by atoms with Crippen LogP contribution < -0.4 is 0 Å². The number of imidazole rings is 1. The van der Waals surface area contributed by atoms with E-state index in [-0.39, 0.29) is 0 Å². The summed E-state index contributed by atoms with van der Waals surface area (Å²) in [4.78, 5) is 5.18. The normalized spacial score (nSPS) is 12.2. The largest absolute Gasteiger partial charge is 0.454 e. The molecule has 0 bridgehead atoms. The van der Waals surface area contributed by atoms with Crippen LogP contribution in [-0.4, -0.2) is 18.7 Å². The van der Waals surface area contributed by atoms with Gasteiger partial charge in [0.25, 0.3) is 0 Å². The molecule has 0 amide bonds. The Balaban J connectivity index is 1.43. The number of nitrogens with zero attached hydrogens (tertiary/aromatic N) is 4. The first-order valence-corrected chi connectivity index (χ1v) is 16.6. The zero-order valence-electron chi connectivity index (χ0n) is 26.6. The van der Waals surface area contributed by atoms with E-state index in [4.69, 9.17) is 9.40 Å². The summed E-state index contributed by atoms with van der Waals surface area (Å²) in [7, 11) is 2.11. The van der Waals surface area contributed by atoms with Crippen molar-refractivity contribution in [1.29, 1.82) is 0 Å². The number of aryl methyl sites for hydroxylation is 1. The smallest absolute Gasteiger partial charge is 0.160 e. The standard InChI is InChI=1S/C44H28N4O/c1-46-36-25-13-9-21-32(36)45-44(46)30-19-7-12-24-35(30)48-34-23-11-5-17-28(34)38-39-31-20-8-14-26-37(31)49-43(39)42-40(41(38)48)29-18-6-10-22-33(29)47(42)27-15-3-2-4-16-27/h2-26H,1H3. The van der Waals surface area contributed by atoms with Crippen LogP contribution in [0.5, 0.6) is 0 Å². The van der Waals surface area contributed by atoms with E-state index in [1.165, 1.54) is 16.2 Å². The number of fused-ring (bicyclic) bond motifs is 13. The number of hydrogen-bond acceptors (Lipinski definition) is 2. The number of hydrogen-bond donors (Lipinski definition) is 0. The average Bonchev–Trinajstić information content (AvgIpc) is 3.90. The number of furan rings is 1. The molecule has 0 N–H and O–H groups in total. The molecule has 5 heteroatoms. The first kappa shape index (κ1) is 26.5. The lowest BCUT2D eigenvalue weighted by Crippen LogP contribution is -2.01. The molecule has 49 heavy (non-hydrogen) atoms. The van der Waals surface area contributed by atoms with Crippen molar-refractivity contribution in [2.24, 2.45) is 7.05 Å². The van der Waals surface area contributed by atoms with Crippen LogP contribution in [0, 0.1) is 0 Å². The maximum Gasteiger partial charge on any atom is 0.160 e. The summed E-state index contributed by atoms with van der Waals surface area (Å²) < 4.78 is 14.0. The highest BCUT2D eigenvalue weighted by atomic mass is 16.3. The second-order valence-electron chi connectivity index (χ2n) is 12.8. The first-order valence-electron chi connectivity index (χ1n) is 16.6. The van der Waals surface area contributed by atoms with Crippen molar-refractivity contribution in [2.45, 2.75) is 0 Å². The van der Waals surface area contributed by atoms with Crippen molar-refractivity contribution < 1.29 is 4.42 Å². The highest BCUT2D eigenvalue weighted by molar-refractivity contribution is 6.39. The lowest BCUT2D eigenvalue weighted by Gasteiger charge is -2.15. The van der Waals surface area contributed by atoms with Gasteiger partial charge in [-0.05, 0) is 54.6 Å². The summed E-state index contributed by atoms with van der Waals surface area (Å²) in [6.45, 7) is 0. The van der Waals surface area contributed by atoms with Crippen LogP contribution >= 0.6 is 0 Å². The Morgan fingerprint density at radius 1 is 0.490 bits per heavy atom. The molecular weight excluding hydrogens is 601 g/mol. The highest BCUT2D eigenvalue weighted by Gasteiger charge is 2.28. The quantitative estimate of drug-likeness (QED) is 0.195. The molecular formula is C44H28N4O. The SMILES string of the molecule is Cn1c(-c2ccccc2-n2c3ccccc3c3c4c5ccccc5oc4c4c(c5ccccc5n4-c4ccccc4)c32)nc2ccccc21. The van der Waals surface area contributed by atoms with Gasteiger partial charge in [-0.1, -0.05) is 97.1 Å². The Bertz CT molecular complexity index is 3120. The zero-order valence-corrected chi connectivity index (χ0v) is 26.6. The second-order valence-corrected chi connectivity index (χ2v) is 12.8. The summed E-state index contributed by atoms with van der Waals surface area (Å²) in [6, 6.07) is 53.7. The fourth-order valence-corrected chi connectivity index (χ4v) is 8.22. The summed E-state index contributed by atoms with van der Waals surface area (Å²) in [5.74, 6) is 0.931. The van der Waals surface area contributed by atoms with E-state index in [1.54, 1.807) is 0 Å². The van der Waals surface area contributed by atoms with Crippen molar-refractivity contribution in [1.82, 2.24) is 18.7 Å². The van der Waals surface area contributed by atoms with Gasteiger partial charge in [-0.2, -0.15) is 0 Å². The third-order valence-corrected chi connectivity index (χ3v) is 10.2. The van der Waals surface area contributed by atoms with Crippen LogP contribution in [0.1, 0.15) is 0 Å². The van der Waals surface area contributed by atoms with Gasteiger partial charge < -0.3 is 18.1 Å². The van der Waals surface area contributed by atoms with E-state index in [1.807, 2.05) is 0 Å². The number of aromatic nitrogens is 4. The fourth-order valence-electron chi connectivity index (χ4n) is 8.22. The summed E-state index contributed by atoms with van der Waals surface area (Å²) in [6.07, 6.45) is 0. The molecule has 4 aromatic heterocycles. The van der Waals surface area contributed by atoms with Gasteiger partial charge in [0.05, 0.1) is 38.8 Å². The molecule has 0 aliphatic heterocycles. The van der Waals surface area contributed by atoms with E-state index < -0.39 is 0 Å². The molecule has 0 unspecified atom stereocenters. The summed E-state index contributed by atoms with van der Waals surface area (Å²) >= 11 is 0. The monoisotopic (exact) mass is 628 g/mol. The maximum absolute atomic E-state index is 6.93. The molecule has 0 atom stereocenters. The Morgan fingerprint density at radius 3 is 1.90 bits per heavy atom. The molecule has 4 heterocycles.